The molecule has 18 heavy (non-hydrogen) atoms. The van der Waals surface area contributed by atoms with Crippen molar-refractivity contribution in [3.63, 3.8) is 0 Å². The number of piperidine rings is 1. The van der Waals surface area contributed by atoms with Gasteiger partial charge in [0.15, 0.2) is 0 Å². The molecular weight excluding hydrogens is 222 g/mol. The van der Waals surface area contributed by atoms with E-state index in [0.717, 1.165) is 19.4 Å². The highest BCUT2D eigenvalue weighted by molar-refractivity contribution is 5.51. The van der Waals surface area contributed by atoms with Crippen molar-refractivity contribution in [2.75, 3.05) is 11.4 Å². The fraction of sp³-hybridized carbons (Fsp3) is 0.625. The van der Waals surface area contributed by atoms with Crippen LogP contribution in [0, 0.1) is 0 Å². The van der Waals surface area contributed by atoms with Gasteiger partial charge in [-0.3, -0.25) is 0 Å². The van der Waals surface area contributed by atoms with Gasteiger partial charge in [-0.15, -0.1) is 0 Å². The molecule has 2 nitrogen and oxygen atoms in total. The molecule has 2 rings (SSSR count). The number of aliphatic hydroxyl groups excluding tert-OH is 1. The molecule has 2 heteroatoms. The van der Waals surface area contributed by atoms with Gasteiger partial charge in [0.2, 0.25) is 0 Å². The van der Waals surface area contributed by atoms with Crippen LogP contribution in [0.15, 0.2) is 24.3 Å². The average molecular weight is 247 g/mol. The summed E-state index contributed by atoms with van der Waals surface area (Å²) in [7, 11) is 0. The number of anilines is 1. The minimum Gasteiger partial charge on any atom is -0.391 e. The van der Waals surface area contributed by atoms with Crippen LogP contribution in [0.4, 0.5) is 5.69 Å². The second-order valence-electron chi connectivity index (χ2n) is 6.21. The zero-order valence-electron chi connectivity index (χ0n) is 12.0. The number of benzene rings is 1. The van der Waals surface area contributed by atoms with Gasteiger partial charge in [-0.2, -0.15) is 0 Å². The van der Waals surface area contributed by atoms with Crippen molar-refractivity contribution in [3.05, 3.63) is 29.8 Å². The van der Waals surface area contributed by atoms with Crippen molar-refractivity contribution >= 4 is 5.69 Å². The molecule has 0 spiro atoms. The summed E-state index contributed by atoms with van der Waals surface area (Å²) in [6.07, 6.45) is 1.74. The molecule has 1 saturated heterocycles. The zero-order valence-corrected chi connectivity index (χ0v) is 12.0. The van der Waals surface area contributed by atoms with Crippen LogP contribution in [0.2, 0.25) is 0 Å². The average Bonchev–Trinajstić information content (AvgIpc) is 2.33. The third kappa shape index (κ3) is 2.39. The van der Waals surface area contributed by atoms with E-state index >= 15 is 0 Å². The Morgan fingerprint density at radius 3 is 2.39 bits per heavy atom. The molecule has 0 aliphatic carbocycles. The molecule has 1 fully saturated rings. The number of hydrogen-bond acceptors (Lipinski definition) is 2. The van der Waals surface area contributed by atoms with Gasteiger partial charge in [0.05, 0.1) is 11.6 Å². The predicted molar refractivity (Wildman–Crippen MR) is 77.2 cm³/mol. The van der Waals surface area contributed by atoms with Crippen molar-refractivity contribution in [1.82, 2.24) is 0 Å². The van der Waals surface area contributed by atoms with Crippen LogP contribution in [0.3, 0.4) is 0 Å². The first-order chi connectivity index (χ1) is 8.43. The van der Waals surface area contributed by atoms with Gasteiger partial charge in [0, 0.05) is 12.2 Å². The van der Waals surface area contributed by atoms with Gasteiger partial charge in [-0.25, -0.2) is 0 Å². The molecule has 1 unspecified atom stereocenters. The van der Waals surface area contributed by atoms with Gasteiger partial charge < -0.3 is 10.0 Å². The SMILES string of the molecule is CC(C)c1ccc(N2CCCC(O)C2(C)C)cc1. The molecule has 1 aliphatic heterocycles. The third-order valence-corrected chi connectivity index (χ3v) is 4.24. The Morgan fingerprint density at radius 2 is 1.83 bits per heavy atom. The van der Waals surface area contributed by atoms with E-state index in [2.05, 4.69) is 56.9 Å². The third-order valence-electron chi connectivity index (χ3n) is 4.24. The van der Waals surface area contributed by atoms with Crippen LogP contribution in [-0.4, -0.2) is 23.3 Å². The maximum absolute atomic E-state index is 10.2. The van der Waals surface area contributed by atoms with E-state index in [-0.39, 0.29) is 11.6 Å². The number of rotatable bonds is 2. The molecule has 0 aromatic heterocycles. The van der Waals surface area contributed by atoms with E-state index in [4.69, 9.17) is 0 Å². The van der Waals surface area contributed by atoms with Crippen molar-refractivity contribution < 1.29 is 5.11 Å². The fourth-order valence-corrected chi connectivity index (χ4v) is 2.77. The molecule has 1 atom stereocenters. The minimum atomic E-state index is -0.240. The highest BCUT2D eigenvalue weighted by Gasteiger charge is 2.37. The topological polar surface area (TPSA) is 23.5 Å². The normalized spacial score (nSPS) is 23.4. The summed E-state index contributed by atoms with van der Waals surface area (Å²) < 4.78 is 0. The van der Waals surface area contributed by atoms with E-state index < -0.39 is 0 Å². The van der Waals surface area contributed by atoms with Crippen molar-refractivity contribution in [1.29, 1.82) is 0 Å². The van der Waals surface area contributed by atoms with Crippen LogP contribution < -0.4 is 4.90 Å². The Hall–Kier alpha value is -1.02. The second-order valence-corrected chi connectivity index (χ2v) is 6.21. The molecule has 1 N–H and O–H groups in total. The molecule has 1 heterocycles. The van der Waals surface area contributed by atoms with E-state index in [9.17, 15) is 5.11 Å². The molecule has 1 aromatic rings. The smallest absolute Gasteiger partial charge is 0.0767 e. The Kier molecular flexibility index (Phi) is 3.67. The Labute approximate surface area is 111 Å². The van der Waals surface area contributed by atoms with E-state index in [0.29, 0.717) is 5.92 Å². The molecule has 0 radical (unpaired) electrons. The lowest BCUT2D eigenvalue weighted by Crippen LogP contribution is -2.56. The van der Waals surface area contributed by atoms with Crippen LogP contribution >= 0.6 is 0 Å². The first-order valence-corrected chi connectivity index (χ1v) is 6.98. The van der Waals surface area contributed by atoms with Crippen LogP contribution in [0.25, 0.3) is 0 Å². The number of nitrogens with zero attached hydrogens (tertiary/aromatic N) is 1. The lowest BCUT2D eigenvalue weighted by molar-refractivity contribution is 0.0711. The van der Waals surface area contributed by atoms with E-state index in [1.807, 2.05) is 0 Å². The lowest BCUT2D eigenvalue weighted by Gasteiger charge is -2.47. The van der Waals surface area contributed by atoms with Crippen molar-refractivity contribution in [3.8, 4) is 0 Å². The quantitative estimate of drug-likeness (QED) is 0.864. The van der Waals surface area contributed by atoms with Gasteiger partial charge in [-0.1, -0.05) is 26.0 Å². The summed E-state index contributed by atoms with van der Waals surface area (Å²) in [6.45, 7) is 9.72. The molecule has 0 amide bonds. The van der Waals surface area contributed by atoms with Crippen molar-refractivity contribution in [2.45, 2.75) is 58.1 Å². The highest BCUT2D eigenvalue weighted by Crippen LogP contribution is 2.33. The Morgan fingerprint density at radius 1 is 1.22 bits per heavy atom. The summed E-state index contributed by atoms with van der Waals surface area (Å²) in [5.74, 6) is 0.569. The molecule has 0 saturated carbocycles. The van der Waals surface area contributed by atoms with Crippen LogP contribution in [-0.2, 0) is 0 Å². The maximum Gasteiger partial charge on any atom is 0.0767 e. The van der Waals surface area contributed by atoms with Gasteiger partial charge in [-0.05, 0) is 50.3 Å². The molecule has 0 bridgehead atoms. The number of aliphatic hydroxyl groups is 1. The van der Waals surface area contributed by atoms with Gasteiger partial charge >= 0.3 is 0 Å². The van der Waals surface area contributed by atoms with Crippen LogP contribution in [0.1, 0.15) is 52.0 Å². The summed E-state index contributed by atoms with van der Waals surface area (Å²) >= 11 is 0. The molecule has 1 aromatic carbocycles. The summed E-state index contributed by atoms with van der Waals surface area (Å²) in [5.41, 5.74) is 2.43. The monoisotopic (exact) mass is 247 g/mol. The summed E-state index contributed by atoms with van der Waals surface area (Å²) in [6, 6.07) is 8.79. The summed E-state index contributed by atoms with van der Waals surface area (Å²) in [4.78, 5) is 2.34. The van der Waals surface area contributed by atoms with E-state index in [1.165, 1.54) is 11.3 Å². The molecule has 1 aliphatic rings. The first-order valence-electron chi connectivity index (χ1n) is 6.98. The Bertz CT molecular complexity index is 394. The maximum atomic E-state index is 10.2. The molecular formula is C16H25NO. The predicted octanol–water partition coefficient (Wildman–Crippen LogP) is 3.55. The molecule has 100 valence electrons. The van der Waals surface area contributed by atoms with Crippen LogP contribution in [0.5, 0.6) is 0 Å². The standard InChI is InChI=1S/C16H25NO/c1-12(2)13-7-9-14(10-8-13)17-11-5-6-15(18)16(17,3)4/h7-10,12,15,18H,5-6,11H2,1-4H3. The summed E-state index contributed by atoms with van der Waals surface area (Å²) in [5, 5.41) is 10.2. The minimum absolute atomic E-state index is 0.169. The fourth-order valence-electron chi connectivity index (χ4n) is 2.77. The first kappa shape index (κ1) is 13.4. The second kappa shape index (κ2) is 4.93. The van der Waals surface area contributed by atoms with Crippen molar-refractivity contribution in [2.24, 2.45) is 0 Å². The van der Waals surface area contributed by atoms with Gasteiger partial charge in [0.25, 0.3) is 0 Å². The number of hydrogen-bond donors (Lipinski definition) is 1. The Balaban J connectivity index is 2.25. The highest BCUT2D eigenvalue weighted by atomic mass is 16.3. The largest absolute Gasteiger partial charge is 0.391 e. The van der Waals surface area contributed by atoms with E-state index in [1.54, 1.807) is 0 Å². The lowest BCUT2D eigenvalue weighted by atomic mass is 9.86. The zero-order chi connectivity index (χ0) is 13.3. The van der Waals surface area contributed by atoms with Gasteiger partial charge in [0.1, 0.15) is 0 Å².